The summed E-state index contributed by atoms with van der Waals surface area (Å²) >= 11 is 0. The smallest absolute Gasteiger partial charge is 0.465 e. The second-order valence-corrected chi connectivity index (χ2v) is 8.74. The van der Waals surface area contributed by atoms with Gasteiger partial charge in [0.25, 0.3) is 0 Å². The van der Waals surface area contributed by atoms with Crippen LogP contribution in [-0.4, -0.2) is 35.4 Å². The van der Waals surface area contributed by atoms with Crippen molar-refractivity contribution in [3.63, 3.8) is 0 Å². The molecule has 0 amide bonds. The second kappa shape index (κ2) is 8.92. The summed E-state index contributed by atoms with van der Waals surface area (Å²) in [7, 11) is 0. The quantitative estimate of drug-likeness (QED) is 0.394. The van der Waals surface area contributed by atoms with Crippen LogP contribution < -0.4 is 10.5 Å². The third kappa shape index (κ3) is 5.63. The number of ether oxygens (including phenoxy) is 3. The number of nitrogens with two attached hydrogens (primary N) is 1. The summed E-state index contributed by atoms with van der Waals surface area (Å²) in [4.78, 5) is 27.4. The molecule has 1 unspecified atom stereocenters. The molecule has 2 aromatic rings. The average Bonchev–Trinajstić information content (AvgIpc) is 2.98. The fourth-order valence-corrected chi connectivity index (χ4v) is 3.08. The van der Waals surface area contributed by atoms with Gasteiger partial charge in [0.15, 0.2) is 0 Å². The molecular formula is C23H32N2O5. The Morgan fingerprint density at radius 3 is 2.47 bits per heavy atom. The molecular weight excluding hydrogens is 384 g/mol. The largest absolute Gasteiger partial charge is 0.514 e. The van der Waals surface area contributed by atoms with Crippen molar-refractivity contribution in [3.8, 4) is 5.75 Å². The van der Waals surface area contributed by atoms with Gasteiger partial charge in [-0.25, -0.2) is 4.79 Å². The molecule has 3 N–H and O–H groups in total. The number of aromatic nitrogens is 1. The third-order valence-corrected chi connectivity index (χ3v) is 4.64. The zero-order valence-corrected chi connectivity index (χ0v) is 18.6. The van der Waals surface area contributed by atoms with Gasteiger partial charge in [0, 0.05) is 34.5 Å². The zero-order valence-electron chi connectivity index (χ0n) is 18.6. The van der Waals surface area contributed by atoms with Gasteiger partial charge in [-0.1, -0.05) is 19.9 Å². The van der Waals surface area contributed by atoms with Crippen molar-refractivity contribution in [2.24, 2.45) is 5.73 Å². The third-order valence-electron chi connectivity index (χ3n) is 4.64. The van der Waals surface area contributed by atoms with E-state index in [0.29, 0.717) is 12.2 Å². The van der Waals surface area contributed by atoms with Crippen LogP contribution in [-0.2, 0) is 26.1 Å². The number of fused-ring (bicyclic) bond motifs is 1. The first-order chi connectivity index (χ1) is 13.9. The van der Waals surface area contributed by atoms with Gasteiger partial charge in [0.2, 0.25) is 0 Å². The summed E-state index contributed by atoms with van der Waals surface area (Å²) in [6.07, 6.45) is 1.36. The Bertz CT molecular complexity index is 937. The lowest BCUT2D eigenvalue weighted by molar-refractivity contribution is -0.144. The Hall–Kier alpha value is -2.80. The first-order valence-corrected chi connectivity index (χ1v) is 9.99. The molecule has 7 heteroatoms. The predicted molar refractivity (Wildman–Crippen MR) is 117 cm³/mol. The van der Waals surface area contributed by atoms with Crippen LogP contribution in [0.5, 0.6) is 5.75 Å². The fraction of sp³-hybridized carbons (Fsp3) is 0.478. The van der Waals surface area contributed by atoms with Crippen LogP contribution in [0, 0.1) is 0 Å². The van der Waals surface area contributed by atoms with Crippen molar-refractivity contribution in [2.45, 2.75) is 65.0 Å². The highest BCUT2D eigenvalue weighted by Gasteiger charge is 2.27. The molecule has 0 aliphatic rings. The average molecular weight is 417 g/mol. The first-order valence-electron chi connectivity index (χ1n) is 9.99. The van der Waals surface area contributed by atoms with Crippen LogP contribution in [0.3, 0.4) is 0 Å². The van der Waals surface area contributed by atoms with E-state index in [4.69, 9.17) is 19.9 Å². The molecule has 0 bridgehead atoms. The number of benzene rings is 1. The molecule has 0 saturated heterocycles. The van der Waals surface area contributed by atoms with E-state index in [2.05, 4.69) is 11.6 Å². The zero-order chi connectivity index (χ0) is 22.7. The molecule has 0 saturated carbocycles. The lowest BCUT2D eigenvalue weighted by Crippen LogP contribution is -2.35. The van der Waals surface area contributed by atoms with E-state index in [1.807, 2.05) is 26.0 Å². The number of allylic oxidation sites excluding steroid dienone is 1. The second-order valence-electron chi connectivity index (χ2n) is 8.74. The fourth-order valence-electron chi connectivity index (χ4n) is 3.08. The molecule has 30 heavy (non-hydrogen) atoms. The van der Waals surface area contributed by atoms with Crippen LogP contribution in [0.2, 0.25) is 0 Å². The maximum absolute atomic E-state index is 12.1. The molecule has 1 aromatic heterocycles. The van der Waals surface area contributed by atoms with Gasteiger partial charge >= 0.3 is 12.1 Å². The summed E-state index contributed by atoms with van der Waals surface area (Å²) in [5.74, 6) is -0.0960. The van der Waals surface area contributed by atoms with E-state index in [9.17, 15) is 9.59 Å². The van der Waals surface area contributed by atoms with E-state index < -0.39 is 29.2 Å². The van der Waals surface area contributed by atoms with Crippen LogP contribution in [0.15, 0.2) is 30.9 Å². The van der Waals surface area contributed by atoms with E-state index in [-0.39, 0.29) is 6.61 Å². The summed E-state index contributed by atoms with van der Waals surface area (Å²) in [6, 6.07) is 4.45. The maximum Gasteiger partial charge on any atom is 0.514 e. The van der Waals surface area contributed by atoms with Gasteiger partial charge in [-0.05, 0) is 45.4 Å². The number of hydrogen-bond donors (Lipinski definition) is 2. The highest BCUT2D eigenvalue weighted by Crippen LogP contribution is 2.35. The van der Waals surface area contributed by atoms with Crippen molar-refractivity contribution < 1.29 is 23.8 Å². The lowest BCUT2D eigenvalue weighted by atomic mass is 9.85. The summed E-state index contributed by atoms with van der Waals surface area (Å²) < 4.78 is 15.6. The van der Waals surface area contributed by atoms with Gasteiger partial charge in [0.05, 0.1) is 6.61 Å². The van der Waals surface area contributed by atoms with Crippen molar-refractivity contribution >= 4 is 23.0 Å². The molecule has 0 fully saturated rings. The van der Waals surface area contributed by atoms with Crippen molar-refractivity contribution in [2.75, 3.05) is 6.61 Å². The normalized spacial score (nSPS) is 13.0. The van der Waals surface area contributed by atoms with Gasteiger partial charge < -0.3 is 24.9 Å². The van der Waals surface area contributed by atoms with Crippen LogP contribution in [0.4, 0.5) is 4.79 Å². The Kier molecular flexibility index (Phi) is 6.98. The Balaban J connectivity index is 2.43. The summed E-state index contributed by atoms with van der Waals surface area (Å²) in [5, 5.41) is 0.885. The van der Waals surface area contributed by atoms with E-state index >= 15 is 0 Å². The predicted octanol–water partition coefficient (Wildman–Crippen LogP) is 4.38. The Labute approximate surface area is 177 Å². The molecule has 7 nitrogen and oxygen atoms in total. The minimum absolute atomic E-state index is 0.275. The van der Waals surface area contributed by atoms with E-state index in [0.717, 1.165) is 22.2 Å². The molecule has 0 aliphatic heterocycles. The van der Waals surface area contributed by atoms with Gasteiger partial charge in [-0.3, -0.25) is 4.79 Å². The minimum Gasteiger partial charge on any atom is -0.465 e. The molecule has 1 heterocycles. The van der Waals surface area contributed by atoms with Gasteiger partial charge in [-0.15, -0.1) is 6.58 Å². The molecule has 164 valence electrons. The van der Waals surface area contributed by atoms with E-state index in [1.165, 1.54) is 0 Å². The minimum atomic E-state index is -0.791. The molecule has 0 spiro atoms. The van der Waals surface area contributed by atoms with Crippen LogP contribution in [0.1, 0.15) is 52.8 Å². The number of rotatable bonds is 7. The number of H-pyrrole nitrogens is 1. The molecule has 1 atom stereocenters. The number of esters is 1. The van der Waals surface area contributed by atoms with Crippen molar-refractivity contribution in [1.29, 1.82) is 0 Å². The monoisotopic (exact) mass is 416 g/mol. The highest BCUT2D eigenvalue weighted by molar-refractivity contribution is 5.88. The molecule has 0 aliphatic carbocycles. The molecule has 2 rings (SSSR count). The number of nitrogens with one attached hydrogen (secondary N) is 1. The van der Waals surface area contributed by atoms with Crippen molar-refractivity contribution in [1.82, 2.24) is 4.98 Å². The first kappa shape index (κ1) is 23.5. The Morgan fingerprint density at radius 1 is 1.23 bits per heavy atom. The number of carbonyl (C=O) groups excluding carboxylic acids is 2. The lowest BCUT2D eigenvalue weighted by Gasteiger charge is -2.22. The Morgan fingerprint density at radius 2 is 1.90 bits per heavy atom. The number of hydrogen-bond acceptors (Lipinski definition) is 6. The SMILES string of the molecule is C=CC(C)(C)c1[nH]c2cc(OC(=O)OC(C)(C)C)ccc2c1CC(N)C(=O)OCC. The standard InChI is InChI=1S/C23H32N2O5/c1-8-23(6,7)19-16(13-17(24)20(26)28-9-2)15-11-10-14(12-18(15)25-19)29-21(27)30-22(3,4)5/h8,10-12,17,25H,1,9,13,24H2,2-7H3. The summed E-state index contributed by atoms with van der Waals surface area (Å²) in [5.41, 5.74) is 7.60. The number of aromatic amines is 1. The topological polar surface area (TPSA) is 104 Å². The maximum atomic E-state index is 12.1. The molecule has 0 radical (unpaired) electrons. The van der Waals surface area contributed by atoms with E-state index in [1.54, 1.807) is 39.8 Å². The van der Waals surface area contributed by atoms with Crippen molar-refractivity contribution in [3.05, 3.63) is 42.1 Å². The number of carbonyl (C=O) groups is 2. The summed E-state index contributed by atoms with van der Waals surface area (Å²) in [6.45, 7) is 15.3. The molecule has 1 aromatic carbocycles. The highest BCUT2D eigenvalue weighted by atomic mass is 16.7. The van der Waals surface area contributed by atoms with Gasteiger partial charge in [-0.2, -0.15) is 0 Å². The van der Waals surface area contributed by atoms with Crippen LogP contribution in [0.25, 0.3) is 10.9 Å². The van der Waals surface area contributed by atoms with Gasteiger partial charge in [0.1, 0.15) is 17.4 Å². The van der Waals surface area contributed by atoms with Crippen LogP contribution >= 0.6 is 0 Å².